The van der Waals surface area contributed by atoms with Crippen LogP contribution in [0.15, 0.2) is 83.1 Å². The molecule has 4 heteroatoms. The van der Waals surface area contributed by atoms with E-state index in [0.717, 1.165) is 44.2 Å². The summed E-state index contributed by atoms with van der Waals surface area (Å²) in [5.74, 6) is 21.5. The molecule has 0 N–H and O–H groups in total. The minimum absolute atomic E-state index is 0.0700. The second-order valence-electron chi connectivity index (χ2n) is 18.9. The predicted octanol–water partition coefficient (Wildman–Crippen LogP) is 13.5. The first-order valence-electron chi connectivity index (χ1n) is 20.7. The van der Waals surface area contributed by atoms with Gasteiger partial charge in [-0.05, 0) is 70.7 Å². The zero-order valence-electron chi connectivity index (χ0n) is 37.4. The highest BCUT2D eigenvalue weighted by atomic mass is 28.4. The van der Waals surface area contributed by atoms with Crippen LogP contribution in [0.1, 0.15) is 129 Å². The first-order valence-corrected chi connectivity index (χ1v) is 28.3. The highest BCUT2D eigenvalue weighted by Gasteiger charge is 2.51. The summed E-state index contributed by atoms with van der Waals surface area (Å²) >= 11 is 0. The molecule has 0 saturated heterocycles. The van der Waals surface area contributed by atoms with Crippen molar-refractivity contribution >= 4 is 34.8 Å². The summed E-state index contributed by atoms with van der Waals surface area (Å²) in [6.45, 7) is 37.8. The molecule has 0 saturated carbocycles. The van der Waals surface area contributed by atoms with Crippen molar-refractivity contribution < 1.29 is 4.43 Å². The number of benzene rings is 2. The average molecular weight is 777 g/mol. The molecular weight excluding hydrogens is 701 g/mol. The molecule has 1 atom stereocenters. The highest BCUT2D eigenvalue weighted by Crippen LogP contribution is 2.40. The zero-order valence-corrected chi connectivity index (χ0v) is 40.4. The first kappa shape index (κ1) is 47.4. The molecule has 0 spiro atoms. The smallest absolute Gasteiger partial charge is 0.262 e. The van der Waals surface area contributed by atoms with Gasteiger partial charge in [-0.3, -0.25) is 0 Å². The lowest BCUT2D eigenvalue weighted by atomic mass is 9.99. The molecule has 0 bridgehead atoms. The van der Waals surface area contributed by atoms with E-state index in [0.29, 0.717) is 16.1 Å². The fraction of sp³-hybridized carbons (Fsp3) is 0.560. The molecule has 0 heterocycles. The molecule has 0 aliphatic heterocycles. The Bertz CT molecular complexity index is 1660. The minimum Gasteiger partial charge on any atom is -0.394 e. The van der Waals surface area contributed by atoms with Crippen molar-refractivity contribution in [2.45, 2.75) is 181 Å². The van der Waals surface area contributed by atoms with Gasteiger partial charge in [0.05, 0.1) is 16.1 Å². The molecule has 0 aliphatic carbocycles. The molecule has 0 aliphatic rings. The topological polar surface area (TPSA) is 9.23 Å². The van der Waals surface area contributed by atoms with Gasteiger partial charge < -0.3 is 4.43 Å². The van der Waals surface area contributed by atoms with Gasteiger partial charge in [0.2, 0.25) is 0 Å². The van der Waals surface area contributed by atoms with Crippen molar-refractivity contribution in [1.29, 1.82) is 0 Å². The van der Waals surface area contributed by atoms with Crippen LogP contribution in [0.25, 0.3) is 0 Å². The van der Waals surface area contributed by atoms with Crippen molar-refractivity contribution in [3.63, 3.8) is 0 Å². The summed E-state index contributed by atoms with van der Waals surface area (Å²) in [4.78, 5) is 0. The second kappa shape index (κ2) is 20.9. The van der Waals surface area contributed by atoms with Crippen LogP contribution in [-0.4, -0.2) is 30.6 Å². The van der Waals surface area contributed by atoms with E-state index in [1.807, 2.05) is 0 Å². The molecular formula is C50H76OSi3. The van der Waals surface area contributed by atoms with Gasteiger partial charge in [0.15, 0.2) is 0 Å². The average Bonchev–Trinajstić information content (AvgIpc) is 3.08. The van der Waals surface area contributed by atoms with E-state index in [4.69, 9.17) is 4.43 Å². The molecule has 0 amide bonds. The summed E-state index contributed by atoms with van der Waals surface area (Å²) in [5.41, 5.74) is 8.28. The van der Waals surface area contributed by atoms with Crippen molar-refractivity contribution in [2.75, 3.05) is 0 Å². The van der Waals surface area contributed by atoms with Crippen LogP contribution in [0.2, 0.25) is 46.3 Å². The Balaban J connectivity index is 2.17. The van der Waals surface area contributed by atoms with E-state index in [2.05, 4.69) is 212 Å². The van der Waals surface area contributed by atoms with E-state index in [-0.39, 0.29) is 11.1 Å². The fourth-order valence-corrected chi connectivity index (χ4v) is 17.8. The quantitative estimate of drug-likeness (QED) is 0.0803. The lowest BCUT2D eigenvalue weighted by molar-refractivity contribution is 0.237. The summed E-state index contributed by atoms with van der Waals surface area (Å²) in [6, 6.07) is 23.8. The van der Waals surface area contributed by atoms with E-state index in [9.17, 15) is 0 Å². The third-order valence-electron chi connectivity index (χ3n) is 12.2. The van der Waals surface area contributed by atoms with Crippen LogP contribution in [0.5, 0.6) is 0 Å². The zero-order chi connectivity index (χ0) is 40.8. The van der Waals surface area contributed by atoms with Crippen LogP contribution in [0.3, 0.4) is 0 Å². The normalized spacial score (nSPS) is 13.3. The molecule has 0 aromatic heterocycles. The van der Waals surface area contributed by atoms with Crippen LogP contribution < -0.4 is 10.4 Å². The van der Waals surface area contributed by atoms with Gasteiger partial charge in [-0.15, -0.1) is 23.7 Å². The van der Waals surface area contributed by atoms with Gasteiger partial charge in [-0.2, -0.15) is 0 Å². The van der Waals surface area contributed by atoms with Crippen LogP contribution in [0.4, 0.5) is 0 Å². The van der Waals surface area contributed by atoms with Gasteiger partial charge in [0.1, 0.15) is 6.10 Å². The van der Waals surface area contributed by atoms with E-state index in [1.54, 1.807) is 0 Å². The number of hydrogen-bond donors (Lipinski definition) is 0. The molecule has 2 rings (SSSR count). The monoisotopic (exact) mass is 777 g/mol. The maximum atomic E-state index is 7.29. The van der Waals surface area contributed by atoms with Crippen molar-refractivity contribution in [3.05, 3.63) is 83.1 Å². The molecule has 2 aromatic rings. The van der Waals surface area contributed by atoms with E-state index < -0.39 is 24.5 Å². The number of allylic oxidation sites excluding steroid dienone is 3. The third-order valence-corrected chi connectivity index (χ3v) is 28.6. The summed E-state index contributed by atoms with van der Waals surface area (Å²) in [6.07, 6.45) is 4.24. The summed E-state index contributed by atoms with van der Waals surface area (Å²) < 4.78 is 7.29. The molecule has 1 unspecified atom stereocenters. The molecule has 2 aromatic carbocycles. The van der Waals surface area contributed by atoms with Crippen molar-refractivity contribution in [2.24, 2.45) is 0 Å². The summed E-state index contributed by atoms with van der Waals surface area (Å²) in [7, 11) is -5.89. The Labute approximate surface area is 337 Å². The van der Waals surface area contributed by atoms with E-state index >= 15 is 0 Å². The maximum Gasteiger partial charge on any atom is 0.262 e. The van der Waals surface area contributed by atoms with Gasteiger partial charge in [-0.25, -0.2) is 0 Å². The maximum absolute atomic E-state index is 7.29. The molecule has 294 valence electrons. The Morgan fingerprint density at radius 2 is 1.13 bits per heavy atom. The van der Waals surface area contributed by atoms with Gasteiger partial charge in [-0.1, -0.05) is 179 Å². The Morgan fingerprint density at radius 1 is 0.667 bits per heavy atom. The van der Waals surface area contributed by atoms with Crippen molar-refractivity contribution in [1.82, 2.24) is 0 Å². The molecule has 1 nitrogen and oxygen atoms in total. The molecule has 0 fully saturated rings. The largest absolute Gasteiger partial charge is 0.394 e. The van der Waals surface area contributed by atoms with Crippen LogP contribution in [-0.2, 0) is 4.43 Å². The number of hydrogen-bond acceptors (Lipinski definition) is 1. The standard InChI is InChI=1S/C50H76OSi3/c1-17-45(51-54(50(12,13)14,46-33-25-21-26-34-46)47-35-27-22-28-36-47)32-24-19-18-20-30-38-53(42(4)5,43(6)7)39-31-23-29-37-48(41(2)3)44(8)40-52(15,16)49(9,10)11/h21-22,25-28,33-36,40,42-43,45H,17-19,29,37-39H2,1-16H3/b44-40+. The van der Waals surface area contributed by atoms with E-state index in [1.165, 1.54) is 27.1 Å². The van der Waals surface area contributed by atoms with Gasteiger partial charge >= 0.3 is 0 Å². The van der Waals surface area contributed by atoms with Crippen molar-refractivity contribution in [3.8, 4) is 35.5 Å². The lowest BCUT2D eigenvalue weighted by Gasteiger charge is -2.44. The minimum atomic E-state index is -2.65. The number of unbranched alkanes of at least 4 members (excludes halogenated alkanes) is 1. The van der Waals surface area contributed by atoms with Crippen LogP contribution in [0, 0.1) is 35.5 Å². The second-order valence-corrected chi connectivity index (χ2v) is 33.8. The Hall–Kier alpha value is -2.79. The fourth-order valence-electron chi connectivity index (χ4n) is 7.48. The third kappa shape index (κ3) is 12.6. The summed E-state index contributed by atoms with van der Waals surface area (Å²) in [5, 5.41) is 2.87. The Morgan fingerprint density at radius 3 is 1.54 bits per heavy atom. The first-order chi connectivity index (χ1) is 25.2. The SMILES string of the molecule is CCC(C#CCCC#CC[Si](CC#CCCC(=C(C)C)/C(C)=C/[Si](C)(C)C(C)(C)C)(C(C)C)C(C)C)O[Si](c1ccccc1)(c1ccccc1)C(C)(C)C. The lowest BCUT2D eigenvalue weighted by Crippen LogP contribution is -2.67. The number of rotatable bonds is 14. The molecule has 0 radical (unpaired) electrons. The predicted molar refractivity (Wildman–Crippen MR) is 249 cm³/mol. The molecule has 54 heavy (non-hydrogen) atoms. The van der Waals surface area contributed by atoms with Crippen LogP contribution >= 0.6 is 0 Å². The Kier molecular flexibility index (Phi) is 18.4. The van der Waals surface area contributed by atoms with Gasteiger partial charge in [0, 0.05) is 31.4 Å². The highest BCUT2D eigenvalue weighted by molar-refractivity contribution is 6.99. The van der Waals surface area contributed by atoms with Gasteiger partial charge in [0.25, 0.3) is 8.32 Å².